The minimum absolute atomic E-state index is 0. The molecule has 2 amide bonds. The molecular formula is C27H47ClN4O2. The van der Waals surface area contributed by atoms with Gasteiger partial charge in [0.2, 0.25) is 11.8 Å². The second kappa shape index (κ2) is 19.6. The zero-order valence-electron chi connectivity index (χ0n) is 21.2. The standard InChI is InChI=1S/C27H46N4O2.ClH/c1-2-3-4-5-6-7-8-9-10-12-20-29-26(32)18-14-21-30-27(33)25-17-15-22-31(25)23-24-16-11-13-19-28-24;/h11,13,16,19,25H,2-10,12,14-15,17-18,20-23H2,1H3,(H,29,32)(H,30,33);1H. The average Bonchev–Trinajstić information content (AvgIpc) is 3.29. The summed E-state index contributed by atoms with van der Waals surface area (Å²) in [6.07, 6.45) is 17.9. The molecule has 2 rings (SSSR count). The lowest BCUT2D eigenvalue weighted by Crippen LogP contribution is -2.43. The number of unbranched alkanes of at least 4 members (excludes halogenated alkanes) is 9. The maximum absolute atomic E-state index is 12.6. The SMILES string of the molecule is CCCCCCCCCCCCNC(=O)CCCNC(=O)C1CCCN1Cc1ccccn1.Cl. The molecule has 1 saturated heterocycles. The fourth-order valence-corrected chi connectivity index (χ4v) is 4.52. The number of pyridine rings is 1. The first kappa shape index (κ1) is 30.4. The van der Waals surface area contributed by atoms with Crippen molar-refractivity contribution in [2.45, 2.75) is 109 Å². The Labute approximate surface area is 213 Å². The van der Waals surface area contributed by atoms with E-state index in [1.54, 1.807) is 6.20 Å². The zero-order valence-corrected chi connectivity index (χ0v) is 22.1. The van der Waals surface area contributed by atoms with Crippen LogP contribution in [0.3, 0.4) is 0 Å². The van der Waals surface area contributed by atoms with E-state index < -0.39 is 0 Å². The Morgan fingerprint density at radius 3 is 2.29 bits per heavy atom. The van der Waals surface area contributed by atoms with Crippen molar-refractivity contribution in [1.82, 2.24) is 20.5 Å². The van der Waals surface area contributed by atoms with Gasteiger partial charge in [0, 0.05) is 32.3 Å². The topological polar surface area (TPSA) is 74.3 Å². The van der Waals surface area contributed by atoms with Crippen LogP contribution in [0.5, 0.6) is 0 Å². The van der Waals surface area contributed by atoms with Gasteiger partial charge in [-0.2, -0.15) is 0 Å². The number of nitrogens with zero attached hydrogens (tertiary/aromatic N) is 2. The number of aromatic nitrogens is 1. The first-order chi connectivity index (χ1) is 16.2. The van der Waals surface area contributed by atoms with E-state index in [9.17, 15) is 9.59 Å². The molecule has 1 atom stereocenters. The Hall–Kier alpha value is -1.66. The molecule has 6 nitrogen and oxygen atoms in total. The van der Waals surface area contributed by atoms with Crippen molar-refractivity contribution in [2.75, 3.05) is 19.6 Å². The zero-order chi connectivity index (χ0) is 23.6. The highest BCUT2D eigenvalue weighted by atomic mass is 35.5. The molecule has 2 heterocycles. The predicted octanol–water partition coefficient (Wildman–Crippen LogP) is 5.40. The van der Waals surface area contributed by atoms with Gasteiger partial charge in [0.1, 0.15) is 0 Å². The number of carbonyl (C=O) groups excluding carboxylic acids is 2. The van der Waals surface area contributed by atoms with Crippen LogP contribution in [0, 0.1) is 0 Å². The molecule has 1 unspecified atom stereocenters. The van der Waals surface area contributed by atoms with E-state index in [0.717, 1.165) is 38.0 Å². The first-order valence-corrected chi connectivity index (χ1v) is 13.4. The second-order valence-electron chi connectivity index (χ2n) is 9.38. The molecule has 0 saturated carbocycles. The van der Waals surface area contributed by atoms with Gasteiger partial charge in [0.05, 0.1) is 11.7 Å². The highest BCUT2D eigenvalue weighted by molar-refractivity contribution is 5.85. The summed E-state index contributed by atoms with van der Waals surface area (Å²) in [6.45, 7) is 5.22. The van der Waals surface area contributed by atoms with Crippen molar-refractivity contribution < 1.29 is 9.59 Å². The number of hydrogen-bond donors (Lipinski definition) is 2. The number of hydrogen-bond acceptors (Lipinski definition) is 4. The number of nitrogens with one attached hydrogen (secondary N) is 2. The number of carbonyl (C=O) groups is 2. The van der Waals surface area contributed by atoms with Crippen LogP contribution in [0.4, 0.5) is 0 Å². The summed E-state index contributed by atoms with van der Waals surface area (Å²) in [5.41, 5.74) is 0.997. The van der Waals surface area contributed by atoms with Crippen molar-refractivity contribution in [1.29, 1.82) is 0 Å². The van der Waals surface area contributed by atoms with E-state index in [4.69, 9.17) is 0 Å². The summed E-state index contributed by atoms with van der Waals surface area (Å²) in [6, 6.07) is 5.80. The van der Waals surface area contributed by atoms with Crippen molar-refractivity contribution >= 4 is 24.2 Å². The van der Waals surface area contributed by atoms with Crippen LogP contribution in [0.25, 0.3) is 0 Å². The maximum atomic E-state index is 12.6. The summed E-state index contributed by atoms with van der Waals surface area (Å²) < 4.78 is 0. The highest BCUT2D eigenvalue weighted by Gasteiger charge is 2.30. The lowest BCUT2D eigenvalue weighted by molar-refractivity contribution is -0.126. The van der Waals surface area contributed by atoms with E-state index in [1.165, 1.54) is 57.8 Å². The van der Waals surface area contributed by atoms with Crippen LogP contribution in [-0.4, -0.2) is 47.4 Å². The molecule has 0 spiro atoms. The molecule has 2 N–H and O–H groups in total. The number of halogens is 1. The summed E-state index contributed by atoms with van der Waals surface area (Å²) in [5.74, 6) is 0.173. The monoisotopic (exact) mass is 494 g/mol. The van der Waals surface area contributed by atoms with E-state index in [0.29, 0.717) is 25.9 Å². The predicted molar refractivity (Wildman–Crippen MR) is 142 cm³/mol. The average molecular weight is 495 g/mol. The largest absolute Gasteiger partial charge is 0.356 e. The lowest BCUT2D eigenvalue weighted by atomic mass is 10.1. The molecule has 194 valence electrons. The number of amides is 2. The Morgan fingerprint density at radius 1 is 0.941 bits per heavy atom. The van der Waals surface area contributed by atoms with E-state index >= 15 is 0 Å². The second-order valence-corrected chi connectivity index (χ2v) is 9.38. The molecular weight excluding hydrogens is 448 g/mol. The molecule has 1 fully saturated rings. The fraction of sp³-hybridized carbons (Fsp3) is 0.741. The van der Waals surface area contributed by atoms with Crippen LogP contribution >= 0.6 is 12.4 Å². The normalized spacial score (nSPS) is 15.6. The van der Waals surface area contributed by atoms with E-state index in [1.807, 2.05) is 18.2 Å². The third-order valence-electron chi connectivity index (χ3n) is 6.49. The number of likely N-dealkylation sites (tertiary alicyclic amines) is 1. The molecule has 1 aromatic heterocycles. The van der Waals surface area contributed by atoms with Gasteiger partial charge < -0.3 is 10.6 Å². The molecule has 1 aliphatic rings. The summed E-state index contributed by atoms with van der Waals surface area (Å²) in [7, 11) is 0. The molecule has 0 aliphatic carbocycles. The van der Waals surface area contributed by atoms with Crippen molar-refractivity contribution in [3.8, 4) is 0 Å². The van der Waals surface area contributed by atoms with Gasteiger partial charge in [-0.3, -0.25) is 19.5 Å². The minimum atomic E-state index is -0.0860. The van der Waals surface area contributed by atoms with Crippen LogP contribution < -0.4 is 10.6 Å². The maximum Gasteiger partial charge on any atom is 0.237 e. The Kier molecular flexibility index (Phi) is 17.5. The lowest BCUT2D eigenvalue weighted by Gasteiger charge is -2.23. The number of rotatable bonds is 18. The summed E-state index contributed by atoms with van der Waals surface area (Å²) in [5, 5.41) is 6.05. The van der Waals surface area contributed by atoms with Crippen molar-refractivity contribution in [3.63, 3.8) is 0 Å². The van der Waals surface area contributed by atoms with Crippen molar-refractivity contribution in [2.24, 2.45) is 0 Å². The molecule has 0 radical (unpaired) electrons. The molecule has 1 aromatic rings. The quantitative estimate of drug-likeness (QED) is 0.268. The molecule has 1 aliphatic heterocycles. The molecule has 7 heteroatoms. The first-order valence-electron chi connectivity index (χ1n) is 13.4. The van der Waals surface area contributed by atoms with Gasteiger partial charge in [0.25, 0.3) is 0 Å². The molecule has 0 aromatic carbocycles. The van der Waals surface area contributed by atoms with Crippen LogP contribution in [0.15, 0.2) is 24.4 Å². The molecule has 34 heavy (non-hydrogen) atoms. The smallest absolute Gasteiger partial charge is 0.237 e. The van der Waals surface area contributed by atoms with Crippen LogP contribution in [0.2, 0.25) is 0 Å². The molecule has 0 bridgehead atoms. The summed E-state index contributed by atoms with van der Waals surface area (Å²) >= 11 is 0. The van der Waals surface area contributed by atoms with Gasteiger partial charge in [-0.05, 0) is 44.4 Å². The highest BCUT2D eigenvalue weighted by Crippen LogP contribution is 2.19. The van der Waals surface area contributed by atoms with Crippen LogP contribution in [0.1, 0.15) is 103 Å². The van der Waals surface area contributed by atoms with Crippen LogP contribution in [-0.2, 0) is 16.1 Å². The Morgan fingerprint density at radius 2 is 1.62 bits per heavy atom. The van der Waals surface area contributed by atoms with Crippen molar-refractivity contribution in [3.05, 3.63) is 30.1 Å². The van der Waals surface area contributed by atoms with Gasteiger partial charge in [-0.25, -0.2) is 0 Å². The minimum Gasteiger partial charge on any atom is -0.356 e. The fourth-order valence-electron chi connectivity index (χ4n) is 4.52. The third-order valence-corrected chi connectivity index (χ3v) is 6.49. The van der Waals surface area contributed by atoms with Gasteiger partial charge >= 0.3 is 0 Å². The van der Waals surface area contributed by atoms with E-state index in [-0.39, 0.29) is 30.3 Å². The van der Waals surface area contributed by atoms with Gasteiger partial charge in [-0.15, -0.1) is 12.4 Å². The third kappa shape index (κ3) is 13.3. The Balaban J connectivity index is 0.00000578. The Bertz CT molecular complexity index is 659. The van der Waals surface area contributed by atoms with Gasteiger partial charge in [0.15, 0.2) is 0 Å². The van der Waals surface area contributed by atoms with E-state index in [2.05, 4.69) is 27.4 Å². The summed E-state index contributed by atoms with van der Waals surface area (Å²) in [4.78, 5) is 31.2. The van der Waals surface area contributed by atoms with Gasteiger partial charge in [-0.1, -0.05) is 70.8 Å².